The van der Waals surface area contributed by atoms with Crippen molar-refractivity contribution in [2.75, 3.05) is 0 Å². The van der Waals surface area contributed by atoms with Crippen molar-refractivity contribution in [3.05, 3.63) is 89.9 Å². The van der Waals surface area contributed by atoms with Gasteiger partial charge in [0.25, 0.3) is 5.91 Å². The summed E-state index contributed by atoms with van der Waals surface area (Å²) in [6.45, 7) is 5.11. The van der Waals surface area contributed by atoms with Gasteiger partial charge in [0.2, 0.25) is 5.91 Å². The summed E-state index contributed by atoms with van der Waals surface area (Å²) in [6, 6.07) is 17.3. The number of aromatic nitrogens is 1. The SMILES string of the molecule is CC(CC(NC(=O)c1ccc(-c2ccccn2)cc1)C(=O)NC(C)(C)Cc1ccc(F)cc1)C(=O)O. The van der Waals surface area contributed by atoms with Crippen LogP contribution in [-0.2, 0) is 16.0 Å². The number of hydrogen-bond donors (Lipinski definition) is 3. The Morgan fingerprint density at radius 2 is 1.67 bits per heavy atom. The number of pyridine rings is 1. The fraction of sp³-hybridized carbons (Fsp3) is 0.286. The van der Waals surface area contributed by atoms with Gasteiger partial charge in [0.15, 0.2) is 0 Å². The van der Waals surface area contributed by atoms with Gasteiger partial charge in [0.1, 0.15) is 11.9 Å². The molecule has 0 spiro atoms. The Balaban J connectivity index is 1.72. The molecule has 3 aromatic rings. The summed E-state index contributed by atoms with van der Waals surface area (Å²) in [6.07, 6.45) is 2.02. The number of halogens is 1. The number of aliphatic carboxylic acids is 1. The number of nitrogens with zero attached hydrogens (tertiary/aromatic N) is 1. The number of carboxylic acids is 1. The number of amides is 2. The highest BCUT2D eigenvalue weighted by atomic mass is 19.1. The summed E-state index contributed by atoms with van der Waals surface area (Å²) < 4.78 is 13.2. The van der Waals surface area contributed by atoms with Gasteiger partial charge in [-0.1, -0.05) is 37.3 Å². The van der Waals surface area contributed by atoms with Crippen molar-refractivity contribution >= 4 is 17.8 Å². The summed E-state index contributed by atoms with van der Waals surface area (Å²) in [5, 5.41) is 15.0. The van der Waals surface area contributed by atoms with Gasteiger partial charge in [-0.25, -0.2) is 4.39 Å². The van der Waals surface area contributed by atoms with Crippen LogP contribution in [0.2, 0.25) is 0 Å². The summed E-state index contributed by atoms with van der Waals surface area (Å²) in [7, 11) is 0. The van der Waals surface area contributed by atoms with Gasteiger partial charge < -0.3 is 15.7 Å². The Labute approximate surface area is 209 Å². The lowest BCUT2D eigenvalue weighted by Gasteiger charge is -2.30. The molecular formula is C28H30FN3O4. The Hall–Kier alpha value is -4.07. The molecule has 2 amide bonds. The minimum atomic E-state index is -1.06. The summed E-state index contributed by atoms with van der Waals surface area (Å²) in [5.74, 6) is -3.25. The van der Waals surface area contributed by atoms with Crippen LogP contribution in [0.5, 0.6) is 0 Å². The summed E-state index contributed by atoms with van der Waals surface area (Å²) in [4.78, 5) is 41.9. The zero-order valence-electron chi connectivity index (χ0n) is 20.5. The molecule has 0 bridgehead atoms. The van der Waals surface area contributed by atoms with E-state index in [0.717, 1.165) is 16.8 Å². The summed E-state index contributed by atoms with van der Waals surface area (Å²) in [5.41, 5.74) is 2.04. The molecule has 8 heteroatoms. The number of nitrogens with one attached hydrogen (secondary N) is 2. The molecule has 0 saturated carbocycles. The van der Waals surface area contributed by atoms with E-state index >= 15 is 0 Å². The molecule has 2 atom stereocenters. The van der Waals surface area contributed by atoms with E-state index in [2.05, 4.69) is 15.6 Å². The minimum Gasteiger partial charge on any atom is -0.481 e. The summed E-state index contributed by atoms with van der Waals surface area (Å²) >= 11 is 0. The first-order valence-electron chi connectivity index (χ1n) is 11.7. The topological polar surface area (TPSA) is 108 Å². The molecule has 2 unspecified atom stereocenters. The minimum absolute atomic E-state index is 0.0778. The standard InChI is InChI=1S/C28H30FN3O4/c1-18(27(35)36)16-24(26(34)32-28(2,3)17-19-7-13-22(29)14-8-19)31-25(33)21-11-9-20(10-12-21)23-6-4-5-15-30-23/h4-15,18,24H,16-17H2,1-3H3,(H,31,33)(H,32,34)(H,35,36). The average Bonchev–Trinajstić information content (AvgIpc) is 2.85. The first-order valence-corrected chi connectivity index (χ1v) is 11.7. The number of benzene rings is 2. The normalized spacial score (nSPS) is 12.9. The maximum atomic E-state index is 13.2. The van der Waals surface area contributed by atoms with Crippen molar-refractivity contribution in [1.82, 2.24) is 15.6 Å². The monoisotopic (exact) mass is 491 g/mol. The van der Waals surface area contributed by atoms with E-state index in [1.807, 2.05) is 32.0 Å². The molecule has 188 valence electrons. The van der Waals surface area contributed by atoms with Crippen LogP contribution < -0.4 is 10.6 Å². The van der Waals surface area contributed by atoms with Crippen LogP contribution in [0.3, 0.4) is 0 Å². The highest BCUT2D eigenvalue weighted by Gasteiger charge is 2.30. The second kappa shape index (κ2) is 11.6. The van der Waals surface area contributed by atoms with Crippen molar-refractivity contribution in [2.24, 2.45) is 5.92 Å². The van der Waals surface area contributed by atoms with Crippen LogP contribution in [0.25, 0.3) is 11.3 Å². The third-order valence-electron chi connectivity index (χ3n) is 5.76. The van der Waals surface area contributed by atoms with Gasteiger partial charge in [-0.3, -0.25) is 19.4 Å². The predicted molar refractivity (Wildman–Crippen MR) is 135 cm³/mol. The molecule has 2 aromatic carbocycles. The van der Waals surface area contributed by atoms with Crippen molar-refractivity contribution in [3.8, 4) is 11.3 Å². The van der Waals surface area contributed by atoms with E-state index in [4.69, 9.17) is 0 Å². The van der Waals surface area contributed by atoms with Crippen molar-refractivity contribution in [1.29, 1.82) is 0 Å². The van der Waals surface area contributed by atoms with E-state index in [9.17, 15) is 23.9 Å². The van der Waals surface area contributed by atoms with Gasteiger partial charge in [0.05, 0.1) is 11.6 Å². The number of carbonyl (C=O) groups is 3. The van der Waals surface area contributed by atoms with Crippen LogP contribution >= 0.6 is 0 Å². The van der Waals surface area contributed by atoms with Gasteiger partial charge in [-0.05, 0) is 68.7 Å². The molecule has 0 aliphatic rings. The Kier molecular flexibility index (Phi) is 8.53. The molecule has 36 heavy (non-hydrogen) atoms. The third-order valence-corrected chi connectivity index (χ3v) is 5.76. The van der Waals surface area contributed by atoms with Gasteiger partial charge in [-0.2, -0.15) is 0 Å². The first-order chi connectivity index (χ1) is 17.0. The fourth-order valence-corrected chi connectivity index (χ4v) is 3.83. The maximum Gasteiger partial charge on any atom is 0.306 e. The quantitative estimate of drug-likeness (QED) is 0.393. The van der Waals surface area contributed by atoms with Gasteiger partial charge in [-0.15, -0.1) is 0 Å². The highest BCUT2D eigenvalue weighted by molar-refractivity contribution is 5.98. The molecule has 0 aliphatic carbocycles. The van der Waals surface area contributed by atoms with Crippen LogP contribution in [-0.4, -0.2) is 39.5 Å². The molecule has 7 nitrogen and oxygen atoms in total. The van der Waals surface area contributed by atoms with E-state index < -0.39 is 35.3 Å². The van der Waals surface area contributed by atoms with Gasteiger partial charge >= 0.3 is 5.97 Å². The smallest absolute Gasteiger partial charge is 0.306 e. The molecule has 0 fully saturated rings. The molecule has 1 heterocycles. The van der Waals surface area contributed by atoms with Crippen molar-refractivity contribution in [3.63, 3.8) is 0 Å². The molecule has 0 radical (unpaired) electrons. The number of hydrogen-bond acceptors (Lipinski definition) is 4. The second-order valence-electron chi connectivity index (χ2n) is 9.47. The lowest BCUT2D eigenvalue weighted by Crippen LogP contribution is -2.54. The Morgan fingerprint density at radius 3 is 2.25 bits per heavy atom. The predicted octanol–water partition coefficient (Wildman–Crippen LogP) is 4.23. The fourth-order valence-electron chi connectivity index (χ4n) is 3.83. The first kappa shape index (κ1) is 26.5. The molecule has 0 aliphatic heterocycles. The Morgan fingerprint density at radius 1 is 1.00 bits per heavy atom. The average molecular weight is 492 g/mol. The third kappa shape index (κ3) is 7.46. The van der Waals surface area contributed by atoms with Crippen LogP contribution in [0.1, 0.15) is 43.1 Å². The molecular weight excluding hydrogens is 461 g/mol. The lowest BCUT2D eigenvalue weighted by atomic mass is 9.93. The maximum absolute atomic E-state index is 13.2. The molecule has 3 rings (SSSR count). The molecule has 0 saturated heterocycles. The van der Waals surface area contributed by atoms with Gasteiger partial charge in [0, 0.05) is 22.9 Å². The van der Waals surface area contributed by atoms with E-state index in [1.165, 1.54) is 19.1 Å². The number of carbonyl (C=O) groups excluding carboxylic acids is 2. The number of carboxylic acid groups (broad SMARTS) is 1. The van der Waals surface area contributed by atoms with E-state index in [1.54, 1.807) is 42.6 Å². The number of rotatable bonds is 10. The molecule has 1 aromatic heterocycles. The van der Waals surface area contributed by atoms with Crippen LogP contribution in [0, 0.1) is 11.7 Å². The second-order valence-corrected chi connectivity index (χ2v) is 9.47. The van der Waals surface area contributed by atoms with Crippen molar-refractivity contribution in [2.45, 2.75) is 45.2 Å². The lowest BCUT2D eigenvalue weighted by molar-refractivity contribution is -0.141. The van der Waals surface area contributed by atoms with Crippen molar-refractivity contribution < 1.29 is 23.9 Å². The molecule has 3 N–H and O–H groups in total. The highest BCUT2D eigenvalue weighted by Crippen LogP contribution is 2.18. The van der Waals surface area contributed by atoms with Crippen LogP contribution in [0.4, 0.5) is 4.39 Å². The largest absolute Gasteiger partial charge is 0.481 e. The zero-order chi connectivity index (χ0) is 26.3. The van der Waals surface area contributed by atoms with Crippen LogP contribution in [0.15, 0.2) is 72.9 Å². The van der Waals surface area contributed by atoms with E-state index in [0.29, 0.717) is 12.0 Å². The Bertz CT molecular complexity index is 1200. The zero-order valence-corrected chi connectivity index (χ0v) is 20.5. The van der Waals surface area contributed by atoms with E-state index in [-0.39, 0.29) is 12.2 Å².